The first-order chi connectivity index (χ1) is 12.8. The van der Waals surface area contributed by atoms with E-state index in [2.05, 4.69) is 15.1 Å². The molecule has 2 aromatic heterocycles. The zero-order chi connectivity index (χ0) is 17.8. The maximum atomic E-state index is 12.3. The molecule has 6 heteroatoms. The second-order valence-corrected chi connectivity index (χ2v) is 5.65. The van der Waals surface area contributed by atoms with Crippen molar-refractivity contribution in [2.75, 3.05) is 0 Å². The number of ketones is 1. The van der Waals surface area contributed by atoms with Gasteiger partial charge in [-0.15, -0.1) is 0 Å². The number of carbonyl (C=O) groups is 1. The van der Waals surface area contributed by atoms with E-state index in [4.69, 9.17) is 0 Å². The number of rotatable bonds is 5. The van der Waals surface area contributed by atoms with Crippen molar-refractivity contribution in [2.24, 2.45) is 0 Å². The molecule has 0 unspecified atom stereocenters. The Labute approximate surface area is 150 Å². The van der Waals surface area contributed by atoms with Crippen LogP contribution >= 0.6 is 0 Å². The van der Waals surface area contributed by atoms with Gasteiger partial charge in [0.1, 0.15) is 12.7 Å². The van der Waals surface area contributed by atoms with Gasteiger partial charge in [0.05, 0.1) is 12.0 Å². The Bertz CT molecular complexity index is 1020. The molecule has 0 spiro atoms. The van der Waals surface area contributed by atoms with Crippen LogP contribution in [0.5, 0.6) is 0 Å². The zero-order valence-corrected chi connectivity index (χ0v) is 13.8. The zero-order valence-electron chi connectivity index (χ0n) is 13.8. The van der Waals surface area contributed by atoms with E-state index in [9.17, 15) is 4.79 Å². The van der Waals surface area contributed by atoms with Crippen molar-refractivity contribution in [3.8, 4) is 11.4 Å². The van der Waals surface area contributed by atoms with Gasteiger partial charge in [-0.05, 0) is 48.0 Å². The normalized spacial score (nSPS) is 11.1. The summed E-state index contributed by atoms with van der Waals surface area (Å²) in [4.78, 5) is 20.3. The smallest absolute Gasteiger partial charge is 0.185 e. The van der Waals surface area contributed by atoms with Crippen molar-refractivity contribution in [1.82, 2.24) is 24.3 Å². The molecule has 0 aliphatic carbocycles. The van der Waals surface area contributed by atoms with E-state index in [0.29, 0.717) is 5.56 Å². The van der Waals surface area contributed by atoms with E-state index in [1.165, 1.54) is 6.33 Å². The lowest BCUT2D eigenvalue weighted by molar-refractivity contribution is 0.104. The summed E-state index contributed by atoms with van der Waals surface area (Å²) >= 11 is 0. The standard InChI is InChI=1S/C20H15N5O/c26-20(17-4-8-18(9-5-17)24-12-11-21-14-24)10-3-16-1-6-19(7-2-16)25-15-22-13-23-25/h1-15H/b10-3-. The van der Waals surface area contributed by atoms with E-state index in [1.807, 2.05) is 59.3 Å². The molecule has 0 bridgehead atoms. The van der Waals surface area contributed by atoms with E-state index < -0.39 is 0 Å². The van der Waals surface area contributed by atoms with Gasteiger partial charge < -0.3 is 4.57 Å². The van der Waals surface area contributed by atoms with Crippen LogP contribution in [0, 0.1) is 0 Å². The predicted molar refractivity (Wildman–Crippen MR) is 98.3 cm³/mol. The lowest BCUT2D eigenvalue weighted by Gasteiger charge is -2.03. The third kappa shape index (κ3) is 3.34. The van der Waals surface area contributed by atoms with Gasteiger partial charge in [-0.25, -0.2) is 14.6 Å². The fraction of sp³-hybridized carbons (Fsp3) is 0. The van der Waals surface area contributed by atoms with Gasteiger partial charge in [0.15, 0.2) is 5.78 Å². The number of hydrogen-bond donors (Lipinski definition) is 0. The summed E-state index contributed by atoms with van der Waals surface area (Å²) in [7, 11) is 0. The van der Waals surface area contributed by atoms with Crippen molar-refractivity contribution < 1.29 is 4.79 Å². The SMILES string of the molecule is O=C(/C=C\c1ccc(-n2cncn2)cc1)c1ccc(-n2ccnc2)cc1. The third-order valence-corrected chi connectivity index (χ3v) is 3.96. The molecule has 4 rings (SSSR count). The molecule has 0 N–H and O–H groups in total. The van der Waals surface area contributed by atoms with Crippen LogP contribution in [0.1, 0.15) is 15.9 Å². The van der Waals surface area contributed by atoms with Crippen LogP contribution in [0.2, 0.25) is 0 Å². The molecule has 0 aliphatic heterocycles. The second-order valence-electron chi connectivity index (χ2n) is 5.65. The van der Waals surface area contributed by atoms with Gasteiger partial charge in [0.25, 0.3) is 0 Å². The molecule has 0 aliphatic rings. The average molecular weight is 341 g/mol. The lowest BCUT2D eigenvalue weighted by Crippen LogP contribution is -1.96. The Hall–Kier alpha value is -3.80. The molecule has 26 heavy (non-hydrogen) atoms. The van der Waals surface area contributed by atoms with E-state index in [0.717, 1.165) is 16.9 Å². The van der Waals surface area contributed by atoms with E-state index in [-0.39, 0.29) is 5.78 Å². The molecule has 126 valence electrons. The van der Waals surface area contributed by atoms with Gasteiger partial charge in [-0.1, -0.05) is 18.2 Å². The molecule has 2 aromatic carbocycles. The molecule has 0 radical (unpaired) electrons. The molecule has 0 atom stereocenters. The highest BCUT2D eigenvalue weighted by Crippen LogP contribution is 2.12. The number of hydrogen-bond acceptors (Lipinski definition) is 4. The monoisotopic (exact) mass is 341 g/mol. The summed E-state index contributed by atoms with van der Waals surface area (Å²) < 4.78 is 3.57. The van der Waals surface area contributed by atoms with Crippen LogP contribution in [-0.2, 0) is 0 Å². The van der Waals surface area contributed by atoms with Crippen LogP contribution in [0.3, 0.4) is 0 Å². The van der Waals surface area contributed by atoms with Crippen LogP contribution < -0.4 is 0 Å². The summed E-state index contributed by atoms with van der Waals surface area (Å²) in [6, 6.07) is 15.2. The predicted octanol–water partition coefficient (Wildman–Crippen LogP) is 3.35. The minimum absolute atomic E-state index is 0.0393. The number of nitrogens with zero attached hydrogens (tertiary/aromatic N) is 5. The van der Waals surface area contributed by atoms with E-state index >= 15 is 0 Å². The molecule has 0 saturated carbocycles. The first kappa shape index (κ1) is 15.7. The highest BCUT2D eigenvalue weighted by molar-refractivity contribution is 6.06. The van der Waals surface area contributed by atoms with Crippen molar-refractivity contribution in [1.29, 1.82) is 0 Å². The summed E-state index contributed by atoms with van der Waals surface area (Å²) in [6.07, 6.45) is 11.8. The number of imidazole rings is 1. The van der Waals surface area contributed by atoms with Gasteiger partial charge in [0, 0.05) is 23.6 Å². The van der Waals surface area contributed by atoms with Crippen molar-refractivity contribution in [3.63, 3.8) is 0 Å². The van der Waals surface area contributed by atoms with Crippen LogP contribution in [0.15, 0.2) is 86.0 Å². The molecular weight excluding hydrogens is 326 g/mol. The molecule has 6 nitrogen and oxygen atoms in total. The van der Waals surface area contributed by atoms with E-state index in [1.54, 1.807) is 35.7 Å². The van der Waals surface area contributed by atoms with Crippen molar-refractivity contribution >= 4 is 11.9 Å². The Balaban J connectivity index is 1.45. The van der Waals surface area contributed by atoms with Gasteiger partial charge >= 0.3 is 0 Å². The third-order valence-electron chi connectivity index (χ3n) is 3.96. The largest absolute Gasteiger partial charge is 0.306 e. The maximum absolute atomic E-state index is 12.3. The van der Waals surface area contributed by atoms with Gasteiger partial charge in [0.2, 0.25) is 0 Å². The Kier molecular flexibility index (Phi) is 4.22. The number of allylic oxidation sites excluding steroid dienone is 1. The first-order valence-corrected chi connectivity index (χ1v) is 8.05. The Morgan fingerprint density at radius 1 is 0.885 bits per heavy atom. The number of carbonyl (C=O) groups excluding carboxylic acids is 1. The fourth-order valence-electron chi connectivity index (χ4n) is 2.56. The lowest BCUT2D eigenvalue weighted by atomic mass is 10.1. The number of aromatic nitrogens is 5. The van der Waals surface area contributed by atoms with Gasteiger partial charge in [-0.2, -0.15) is 5.10 Å². The summed E-state index contributed by atoms with van der Waals surface area (Å²) in [5, 5.41) is 4.08. The van der Waals surface area contributed by atoms with Crippen molar-refractivity contribution in [2.45, 2.75) is 0 Å². The summed E-state index contributed by atoms with van der Waals surface area (Å²) in [5.74, 6) is -0.0393. The molecule has 0 amide bonds. The minimum atomic E-state index is -0.0393. The maximum Gasteiger partial charge on any atom is 0.185 e. The Morgan fingerprint density at radius 3 is 2.31 bits per heavy atom. The molecule has 0 fully saturated rings. The van der Waals surface area contributed by atoms with Crippen LogP contribution in [0.25, 0.3) is 17.5 Å². The summed E-state index contributed by atoms with van der Waals surface area (Å²) in [6.45, 7) is 0. The number of benzene rings is 2. The fourth-order valence-corrected chi connectivity index (χ4v) is 2.56. The van der Waals surface area contributed by atoms with Crippen molar-refractivity contribution in [3.05, 3.63) is 97.1 Å². The average Bonchev–Trinajstić information content (AvgIpc) is 3.40. The molecule has 2 heterocycles. The molecular formula is C20H15N5O. The quantitative estimate of drug-likeness (QED) is 0.412. The summed E-state index contributed by atoms with van der Waals surface area (Å²) in [5.41, 5.74) is 3.47. The first-order valence-electron chi connectivity index (χ1n) is 8.05. The Morgan fingerprint density at radius 2 is 1.65 bits per heavy atom. The van der Waals surface area contributed by atoms with Crippen LogP contribution in [-0.4, -0.2) is 30.1 Å². The highest BCUT2D eigenvalue weighted by Gasteiger charge is 2.03. The second kappa shape index (κ2) is 6.98. The van der Waals surface area contributed by atoms with Crippen LogP contribution in [0.4, 0.5) is 0 Å². The van der Waals surface area contributed by atoms with Gasteiger partial charge in [-0.3, -0.25) is 4.79 Å². The topological polar surface area (TPSA) is 65.6 Å². The minimum Gasteiger partial charge on any atom is -0.306 e. The molecule has 0 saturated heterocycles. The highest BCUT2D eigenvalue weighted by atomic mass is 16.1. The molecule has 4 aromatic rings.